The van der Waals surface area contributed by atoms with Gasteiger partial charge in [-0.3, -0.25) is 4.79 Å². The van der Waals surface area contributed by atoms with Gasteiger partial charge in [-0.05, 0) is 38.6 Å². The van der Waals surface area contributed by atoms with Crippen LogP contribution in [0.5, 0.6) is 0 Å². The number of rotatable bonds is 2. The molecule has 1 aromatic rings. The van der Waals surface area contributed by atoms with Gasteiger partial charge in [-0.15, -0.1) is 11.3 Å². The zero-order chi connectivity index (χ0) is 15.1. The van der Waals surface area contributed by atoms with Crippen LogP contribution in [0.1, 0.15) is 29.8 Å². The molecule has 2 N–H and O–H groups in total. The van der Waals surface area contributed by atoms with Gasteiger partial charge in [-0.1, -0.05) is 0 Å². The molecule has 1 amide bonds. The molecular weight excluding hydrogens is 303 g/mol. The van der Waals surface area contributed by atoms with Gasteiger partial charge in [0, 0.05) is 11.4 Å². The molecule has 0 bridgehead atoms. The van der Waals surface area contributed by atoms with E-state index in [-0.39, 0.29) is 19.5 Å². The minimum absolute atomic E-state index is 0.196. The van der Waals surface area contributed by atoms with Gasteiger partial charge in [0.2, 0.25) is 5.91 Å². The predicted octanol–water partition coefficient (Wildman–Crippen LogP) is 2.50. The lowest BCUT2D eigenvalue weighted by molar-refractivity contribution is -0.213. The van der Waals surface area contributed by atoms with Crippen molar-refractivity contribution >= 4 is 22.4 Å². The van der Waals surface area contributed by atoms with Crippen molar-refractivity contribution in [1.82, 2.24) is 10.3 Å². The van der Waals surface area contributed by atoms with Crippen LogP contribution in [0.25, 0.3) is 0 Å². The van der Waals surface area contributed by atoms with Crippen LogP contribution in [0, 0.1) is 5.41 Å². The Morgan fingerprint density at radius 2 is 2.10 bits per heavy atom. The number of nitrogens with zero attached hydrogens (tertiary/aromatic N) is 1. The van der Waals surface area contributed by atoms with Crippen molar-refractivity contribution in [1.29, 1.82) is 0 Å². The maximum absolute atomic E-state index is 13.3. The number of hydrogen-bond acceptors (Lipinski definition) is 4. The lowest BCUT2D eigenvalue weighted by Crippen LogP contribution is -2.49. The quantitative estimate of drug-likeness (QED) is 0.881. The van der Waals surface area contributed by atoms with Crippen molar-refractivity contribution in [2.75, 3.05) is 18.4 Å². The van der Waals surface area contributed by atoms with E-state index in [1.54, 1.807) is 0 Å². The van der Waals surface area contributed by atoms with Crippen molar-refractivity contribution < 1.29 is 18.0 Å². The Hall–Kier alpha value is -1.15. The number of fused-ring (bicyclic) bond motifs is 1. The van der Waals surface area contributed by atoms with Crippen LogP contribution in [-0.2, 0) is 17.6 Å². The Labute approximate surface area is 124 Å². The molecule has 1 saturated heterocycles. The first-order valence-electron chi connectivity index (χ1n) is 7.00. The van der Waals surface area contributed by atoms with Gasteiger partial charge >= 0.3 is 6.18 Å². The standard InChI is InChI=1S/C13H16F3N3OS/c14-13(15,16)12(5-6-17-7-12)10(20)19-11-18-8-3-1-2-4-9(8)21-11/h17H,1-7H2,(H,18,19,20). The third-order valence-electron chi connectivity index (χ3n) is 4.20. The fourth-order valence-corrected chi connectivity index (χ4v) is 3.92. The maximum atomic E-state index is 13.3. The minimum atomic E-state index is -4.56. The topological polar surface area (TPSA) is 54.0 Å². The second kappa shape index (κ2) is 5.24. The van der Waals surface area contributed by atoms with Crippen molar-refractivity contribution in [2.24, 2.45) is 5.41 Å². The van der Waals surface area contributed by atoms with Gasteiger partial charge in [0.1, 0.15) is 0 Å². The molecule has 2 heterocycles. The molecule has 3 rings (SSSR count). The van der Waals surface area contributed by atoms with E-state index in [0.717, 1.165) is 36.3 Å². The molecule has 1 fully saturated rings. The Morgan fingerprint density at radius 1 is 1.33 bits per heavy atom. The Morgan fingerprint density at radius 3 is 2.71 bits per heavy atom. The Balaban J connectivity index is 1.80. The first-order valence-corrected chi connectivity index (χ1v) is 7.81. The normalized spacial score (nSPS) is 25.7. The van der Waals surface area contributed by atoms with E-state index < -0.39 is 17.5 Å². The summed E-state index contributed by atoms with van der Waals surface area (Å²) in [7, 11) is 0. The molecule has 116 valence electrons. The number of nitrogens with one attached hydrogen (secondary N) is 2. The van der Waals surface area contributed by atoms with Crippen LogP contribution in [0.3, 0.4) is 0 Å². The summed E-state index contributed by atoms with van der Waals surface area (Å²) >= 11 is 1.30. The number of alkyl halides is 3. The summed E-state index contributed by atoms with van der Waals surface area (Å²) in [5.74, 6) is -0.994. The van der Waals surface area contributed by atoms with Gasteiger partial charge in [0.15, 0.2) is 10.5 Å². The molecule has 1 aromatic heterocycles. The van der Waals surface area contributed by atoms with E-state index in [0.29, 0.717) is 5.13 Å². The van der Waals surface area contributed by atoms with Crippen molar-refractivity contribution in [3.8, 4) is 0 Å². The number of carbonyl (C=O) groups is 1. The number of anilines is 1. The van der Waals surface area contributed by atoms with Crippen LogP contribution in [0.2, 0.25) is 0 Å². The Bertz CT molecular complexity index is 526. The highest BCUT2D eigenvalue weighted by molar-refractivity contribution is 7.15. The summed E-state index contributed by atoms with van der Waals surface area (Å²) in [6, 6.07) is 0. The predicted molar refractivity (Wildman–Crippen MR) is 73.4 cm³/mol. The van der Waals surface area contributed by atoms with Gasteiger partial charge in [0.25, 0.3) is 0 Å². The third kappa shape index (κ3) is 2.55. The van der Waals surface area contributed by atoms with Crippen LogP contribution >= 0.6 is 11.3 Å². The van der Waals surface area contributed by atoms with Gasteiger partial charge in [-0.25, -0.2) is 4.98 Å². The third-order valence-corrected chi connectivity index (χ3v) is 5.27. The number of hydrogen-bond donors (Lipinski definition) is 2. The van der Waals surface area contributed by atoms with E-state index in [9.17, 15) is 18.0 Å². The average Bonchev–Trinajstić information content (AvgIpc) is 3.04. The summed E-state index contributed by atoms with van der Waals surface area (Å²) < 4.78 is 39.8. The number of aromatic nitrogens is 1. The molecule has 0 radical (unpaired) electrons. The summed E-state index contributed by atoms with van der Waals surface area (Å²) in [6.45, 7) is -0.172. The summed E-state index contributed by atoms with van der Waals surface area (Å²) in [5.41, 5.74) is -1.41. The molecule has 1 aliphatic carbocycles. The zero-order valence-corrected chi connectivity index (χ0v) is 12.2. The highest BCUT2D eigenvalue weighted by Crippen LogP contribution is 2.44. The Kier molecular flexibility index (Phi) is 3.69. The fourth-order valence-electron chi connectivity index (χ4n) is 2.88. The first kappa shape index (κ1) is 14.8. The lowest BCUT2D eigenvalue weighted by Gasteiger charge is -2.28. The highest BCUT2D eigenvalue weighted by Gasteiger charge is 2.61. The van der Waals surface area contributed by atoms with E-state index in [1.165, 1.54) is 11.3 Å². The van der Waals surface area contributed by atoms with Crippen molar-refractivity contribution in [2.45, 2.75) is 38.3 Å². The van der Waals surface area contributed by atoms with Crippen LogP contribution < -0.4 is 10.6 Å². The summed E-state index contributed by atoms with van der Waals surface area (Å²) in [5, 5.41) is 5.33. The molecular formula is C13H16F3N3OS. The molecule has 1 aliphatic heterocycles. The first-order chi connectivity index (χ1) is 9.92. The number of thiazole rings is 1. The summed E-state index contributed by atoms with van der Waals surface area (Å²) in [6.07, 6.45) is -0.938. The van der Waals surface area contributed by atoms with Crippen LogP contribution in [-0.4, -0.2) is 30.2 Å². The second-order valence-electron chi connectivity index (χ2n) is 5.56. The molecule has 0 aromatic carbocycles. The second-order valence-corrected chi connectivity index (χ2v) is 6.64. The highest BCUT2D eigenvalue weighted by atomic mass is 32.1. The summed E-state index contributed by atoms with van der Waals surface area (Å²) in [4.78, 5) is 17.6. The maximum Gasteiger partial charge on any atom is 0.404 e. The molecule has 2 aliphatic rings. The van der Waals surface area contributed by atoms with Gasteiger partial charge < -0.3 is 10.6 Å². The molecule has 1 unspecified atom stereocenters. The van der Waals surface area contributed by atoms with Gasteiger partial charge in [0.05, 0.1) is 5.69 Å². The van der Waals surface area contributed by atoms with Gasteiger partial charge in [-0.2, -0.15) is 13.2 Å². The van der Waals surface area contributed by atoms with Crippen molar-refractivity contribution in [3.05, 3.63) is 10.6 Å². The average molecular weight is 319 g/mol. The zero-order valence-electron chi connectivity index (χ0n) is 11.3. The van der Waals surface area contributed by atoms with E-state index in [2.05, 4.69) is 15.6 Å². The van der Waals surface area contributed by atoms with Crippen molar-refractivity contribution in [3.63, 3.8) is 0 Å². The fraction of sp³-hybridized carbons (Fsp3) is 0.692. The monoisotopic (exact) mass is 319 g/mol. The van der Waals surface area contributed by atoms with Crippen LogP contribution in [0.15, 0.2) is 0 Å². The number of amides is 1. The smallest absolute Gasteiger partial charge is 0.315 e. The van der Waals surface area contributed by atoms with Crippen LogP contribution in [0.4, 0.5) is 18.3 Å². The molecule has 1 atom stereocenters. The van der Waals surface area contributed by atoms with E-state index >= 15 is 0 Å². The molecule has 4 nitrogen and oxygen atoms in total. The largest absolute Gasteiger partial charge is 0.404 e. The van der Waals surface area contributed by atoms with E-state index in [1.807, 2.05) is 0 Å². The van der Waals surface area contributed by atoms with E-state index in [4.69, 9.17) is 0 Å². The number of halogens is 3. The molecule has 21 heavy (non-hydrogen) atoms. The number of aryl methyl sites for hydroxylation is 2. The molecule has 0 saturated carbocycles. The SMILES string of the molecule is O=C(Nc1nc2c(s1)CCCC2)C1(C(F)(F)F)CCNC1. The molecule has 0 spiro atoms. The minimum Gasteiger partial charge on any atom is -0.315 e. The molecule has 8 heteroatoms. The lowest BCUT2D eigenvalue weighted by atomic mass is 9.85. The number of carbonyl (C=O) groups excluding carboxylic acids is 1.